The number of ether oxygens (including phenoxy) is 1. The highest BCUT2D eigenvalue weighted by Crippen LogP contribution is 2.39. The minimum Gasteiger partial charge on any atom is -0.495 e. The largest absolute Gasteiger partial charge is 0.495 e. The predicted octanol–water partition coefficient (Wildman–Crippen LogP) is 5.42. The van der Waals surface area contributed by atoms with Gasteiger partial charge in [-0.3, -0.25) is 0 Å². The molecule has 0 bridgehead atoms. The van der Waals surface area contributed by atoms with Crippen LogP contribution in [0.1, 0.15) is 23.4 Å². The standard InChI is InChI=1S/C14H14Cl3NOS/c1-3-18-13(14-9(15)4-5-20-14)8-6-11(17)12(19-2)7-10(8)16/h4-7,13,18H,3H2,1-2H3. The van der Waals surface area contributed by atoms with Crippen LogP contribution in [0.25, 0.3) is 0 Å². The molecule has 0 radical (unpaired) electrons. The zero-order chi connectivity index (χ0) is 14.7. The van der Waals surface area contributed by atoms with Crippen LogP contribution in [0.4, 0.5) is 0 Å². The first-order valence-corrected chi connectivity index (χ1v) is 8.09. The Morgan fingerprint density at radius 3 is 2.50 bits per heavy atom. The topological polar surface area (TPSA) is 21.3 Å². The highest BCUT2D eigenvalue weighted by Gasteiger charge is 2.21. The lowest BCUT2D eigenvalue weighted by Gasteiger charge is -2.20. The number of thiophene rings is 1. The molecule has 20 heavy (non-hydrogen) atoms. The van der Waals surface area contributed by atoms with E-state index in [0.717, 1.165) is 22.0 Å². The van der Waals surface area contributed by atoms with Gasteiger partial charge in [-0.05, 0) is 29.6 Å². The van der Waals surface area contributed by atoms with Crippen molar-refractivity contribution in [3.8, 4) is 5.75 Å². The molecule has 1 unspecified atom stereocenters. The van der Waals surface area contributed by atoms with Gasteiger partial charge in [0.2, 0.25) is 0 Å². The number of methoxy groups -OCH3 is 1. The molecule has 1 atom stereocenters. The molecule has 108 valence electrons. The number of nitrogens with one attached hydrogen (secondary N) is 1. The molecule has 1 N–H and O–H groups in total. The normalized spacial score (nSPS) is 12.4. The Balaban J connectivity index is 2.50. The van der Waals surface area contributed by atoms with E-state index in [4.69, 9.17) is 39.5 Å². The molecule has 0 fully saturated rings. The molecule has 0 saturated carbocycles. The smallest absolute Gasteiger partial charge is 0.138 e. The fraction of sp³-hybridized carbons (Fsp3) is 0.286. The summed E-state index contributed by atoms with van der Waals surface area (Å²) in [6.07, 6.45) is 0. The first-order chi connectivity index (χ1) is 9.58. The van der Waals surface area contributed by atoms with E-state index in [1.807, 2.05) is 24.4 Å². The summed E-state index contributed by atoms with van der Waals surface area (Å²) < 4.78 is 5.17. The summed E-state index contributed by atoms with van der Waals surface area (Å²) in [5.41, 5.74) is 0.892. The Bertz CT molecular complexity index is 600. The molecule has 1 aromatic carbocycles. The van der Waals surface area contributed by atoms with Gasteiger partial charge in [-0.1, -0.05) is 41.7 Å². The second-order valence-corrected chi connectivity index (χ2v) is 6.30. The van der Waals surface area contributed by atoms with Gasteiger partial charge in [-0.25, -0.2) is 0 Å². The van der Waals surface area contributed by atoms with Crippen molar-refractivity contribution in [2.24, 2.45) is 0 Å². The summed E-state index contributed by atoms with van der Waals surface area (Å²) in [5.74, 6) is 0.563. The van der Waals surface area contributed by atoms with Crippen LogP contribution in [-0.4, -0.2) is 13.7 Å². The summed E-state index contributed by atoms with van der Waals surface area (Å²) in [6, 6.07) is 5.35. The quantitative estimate of drug-likeness (QED) is 0.778. The van der Waals surface area contributed by atoms with Gasteiger partial charge in [0.15, 0.2) is 0 Å². The van der Waals surface area contributed by atoms with E-state index in [2.05, 4.69) is 5.32 Å². The van der Waals surface area contributed by atoms with E-state index in [1.54, 1.807) is 24.5 Å². The third-order valence-electron chi connectivity index (χ3n) is 2.90. The van der Waals surface area contributed by atoms with Crippen LogP contribution >= 0.6 is 46.1 Å². The van der Waals surface area contributed by atoms with Crippen LogP contribution in [-0.2, 0) is 0 Å². The molecule has 6 heteroatoms. The predicted molar refractivity (Wildman–Crippen MR) is 87.9 cm³/mol. The molecule has 0 spiro atoms. The molecule has 1 heterocycles. The van der Waals surface area contributed by atoms with Crippen molar-refractivity contribution in [3.63, 3.8) is 0 Å². The fourth-order valence-electron chi connectivity index (χ4n) is 1.98. The van der Waals surface area contributed by atoms with Crippen molar-refractivity contribution >= 4 is 46.1 Å². The molecule has 1 aromatic heterocycles. The van der Waals surface area contributed by atoms with Crippen molar-refractivity contribution < 1.29 is 4.74 Å². The van der Waals surface area contributed by atoms with Gasteiger partial charge in [0.1, 0.15) is 5.75 Å². The molecule has 0 aliphatic rings. The lowest BCUT2D eigenvalue weighted by atomic mass is 10.0. The minimum absolute atomic E-state index is 0.0802. The number of hydrogen-bond donors (Lipinski definition) is 1. The van der Waals surface area contributed by atoms with Crippen molar-refractivity contribution in [3.05, 3.63) is 49.1 Å². The maximum atomic E-state index is 6.36. The van der Waals surface area contributed by atoms with Crippen LogP contribution in [0.5, 0.6) is 5.75 Å². The van der Waals surface area contributed by atoms with Gasteiger partial charge in [0.05, 0.1) is 23.2 Å². The van der Waals surface area contributed by atoms with E-state index >= 15 is 0 Å². The minimum atomic E-state index is -0.0802. The summed E-state index contributed by atoms with van der Waals surface area (Å²) in [4.78, 5) is 1.02. The van der Waals surface area contributed by atoms with Gasteiger partial charge in [0, 0.05) is 16.0 Å². The molecule has 2 aromatic rings. The van der Waals surface area contributed by atoms with Crippen LogP contribution in [0.3, 0.4) is 0 Å². The Kier molecular flexibility index (Phi) is 5.58. The second kappa shape index (κ2) is 7.01. The first kappa shape index (κ1) is 15.9. The van der Waals surface area contributed by atoms with Crippen molar-refractivity contribution in [1.82, 2.24) is 5.32 Å². The van der Waals surface area contributed by atoms with Crippen LogP contribution in [0.2, 0.25) is 15.1 Å². The van der Waals surface area contributed by atoms with Crippen molar-refractivity contribution in [1.29, 1.82) is 0 Å². The molecule has 0 aliphatic heterocycles. The number of benzene rings is 1. The molecule has 0 amide bonds. The summed E-state index contributed by atoms with van der Waals surface area (Å²) >= 11 is 20.4. The van der Waals surface area contributed by atoms with Crippen molar-refractivity contribution in [2.45, 2.75) is 13.0 Å². The number of rotatable bonds is 5. The Morgan fingerprint density at radius 1 is 1.20 bits per heavy atom. The summed E-state index contributed by atoms with van der Waals surface area (Å²) in [6.45, 7) is 2.83. The molecular weight excluding hydrogens is 337 g/mol. The molecular formula is C14H14Cl3NOS. The van der Waals surface area contributed by atoms with Crippen LogP contribution < -0.4 is 10.1 Å². The van der Waals surface area contributed by atoms with E-state index in [9.17, 15) is 0 Å². The Morgan fingerprint density at radius 2 is 1.95 bits per heavy atom. The summed E-state index contributed by atoms with van der Waals surface area (Å²) in [7, 11) is 1.56. The lowest BCUT2D eigenvalue weighted by molar-refractivity contribution is 0.414. The zero-order valence-electron chi connectivity index (χ0n) is 11.0. The first-order valence-electron chi connectivity index (χ1n) is 6.07. The number of halogens is 3. The average molecular weight is 351 g/mol. The zero-order valence-corrected chi connectivity index (χ0v) is 14.1. The molecule has 2 rings (SSSR count). The van der Waals surface area contributed by atoms with E-state index in [-0.39, 0.29) is 6.04 Å². The van der Waals surface area contributed by atoms with Crippen molar-refractivity contribution in [2.75, 3.05) is 13.7 Å². The summed E-state index contributed by atoms with van der Waals surface area (Å²) in [5, 5.41) is 7.20. The molecule has 0 aliphatic carbocycles. The second-order valence-electron chi connectivity index (χ2n) is 4.13. The maximum absolute atomic E-state index is 6.36. The maximum Gasteiger partial charge on any atom is 0.138 e. The lowest BCUT2D eigenvalue weighted by Crippen LogP contribution is -2.21. The van der Waals surface area contributed by atoms with Gasteiger partial charge < -0.3 is 10.1 Å². The Hall–Kier alpha value is -0.450. The van der Waals surface area contributed by atoms with Gasteiger partial charge in [0.25, 0.3) is 0 Å². The van der Waals surface area contributed by atoms with E-state index in [0.29, 0.717) is 15.8 Å². The van der Waals surface area contributed by atoms with Gasteiger partial charge in [-0.2, -0.15) is 0 Å². The SMILES string of the molecule is CCNC(c1cc(Cl)c(OC)cc1Cl)c1sccc1Cl. The van der Waals surface area contributed by atoms with Crippen LogP contribution in [0.15, 0.2) is 23.6 Å². The Labute approximate surface area is 137 Å². The third-order valence-corrected chi connectivity index (χ3v) is 4.94. The molecule has 2 nitrogen and oxygen atoms in total. The highest BCUT2D eigenvalue weighted by molar-refractivity contribution is 7.10. The molecule has 0 saturated heterocycles. The number of hydrogen-bond acceptors (Lipinski definition) is 3. The third kappa shape index (κ3) is 3.23. The fourth-order valence-corrected chi connectivity index (χ4v) is 3.75. The van der Waals surface area contributed by atoms with Gasteiger partial charge in [-0.15, -0.1) is 11.3 Å². The van der Waals surface area contributed by atoms with E-state index < -0.39 is 0 Å². The highest BCUT2D eigenvalue weighted by atomic mass is 35.5. The monoisotopic (exact) mass is 349 g/mol. The average Bonchev–Trinajstić information content (AvgIpc) is 2.84. The van der Waals surface area contributed by atoms with Crippen LogP contribution in [0, 0.1) is 0 Å². The van der Waals surface area contributed by atoms with E-state index in [1.165, 1.54) is 0 Å². The van der Waals surface area contributed by atoms with Gasteiger partial charge >= 0.3 is 0 Å².